The molecule has 5 aromatic rings. The molecule has 3 amide bonds. The van der Waals surface area contributed by atoms with E-state index in [0.717, 1.165) is 16.7 Å². The minimum atomic E-state index is -1.04. The zero-order chi connectivity index (χ0) is 32.4. The van der Waals surface area contributed by atoms with Crippen LogP contribution >= 0.6 is 0 Å². The minimum absolute atomic E-state index is 0.0698. The molecular weight excluding hydrogens is 596 g/mol. The molecule has 1 aliphatic rings. The number of fused-ring (bicyclic) bond motifs is 4. The topological polar surface area (TPSA) is 136 Å². The summed E-state index contributed by atoms with van der Waals surface area (Å²) in [6, 6.07) is 31.6. The molecule has 0 aliphatic carbocycles. The van der Waals surface area contributed by atoms with Crippen molar-refractivity contribution in [2.75, 3.05) is 6.61 Å². The maximum Gasteiger partial charge on any atom is 0.254 e. The summed E-state index contributed by atoms with van der Waals surface area (Å²) in [7, 11) is 0. The summed E-state index contributed by atoms with van der Waals surface area (Å²) in [6.07, 6.45) is 1.81. The van der Waals surface area contributed by atoms with Gasteiger partial charge in [-0.25, -0.2) is 4.68 Å². The predicted octanol–water partition coefficient (Wildman–Crippen LogP) is 3.52. The molecule has 0 spiro atoms. The molecule has 1 aliphatic heterocycles. The lowest BCUT2D eigenvalue weighted by atomic mass is 10.0. The van der Waals surface area contributed by atoms with Crippen molar-refractivity contribution in [1.82, 2.24) is 30.9 Å². The predicted molar refractivity (Wildman–Crippen MR) is 173 cm³/mol. The van der Waals surface area contributed by atoms with E-state index in [1.807, 2.05) is 84.9 Å². The molecule has 2 bridgehead atoms. The minimum Gasteiger partial charge on any atom is -0.489 e. The average Bonchev–Trinajstić information content (AvgIpc) is 3.59. The lowest BCUT2D eigenvalue weighted by Gasteiger charge is -2.24. The highest BCUT2D eigenvalue weighted by Gasteiger charge is 2.29. The molecule has 6 rings (SSSR count). The van der Waals surface area contributed by atoms with Crippen molar-refractivity contribution in [2.24, 2.45) is 0 Å². The molecule has 4 aromatic carbocycles. The quantitative estimate of drug-likeness (QED) is 0.227. The van der Waals surface area contributed by atoms with Crippen molar-refractivity contribution >= 4 is 17.7 Å². The lowest BCUT2D eigenvalue weighted by molar-refractivity contribution is -0.131. The van der Waals surface area contributed by atoms with Gasteiger partial charge in [0.15, 0.2) is 0 Å². The van der Waals surface area contributed by atoms with E-state index in [-0.39, 0.29) is 26.2 Å². The fourth-order valence-electron chi connectivity index (χ4n) is 5.13. The van der Waals surface area contributed by atoms with Crippen LogP contribution in [-0.2, 0) is 40.5 Å². The molecule has 11 heteroatoms. The van der Waals surface area contributed by atoms with Crippen LogP contribution in [0.25, 0.3) is 5.69 Å². The van der Waals surface area contributed by atoms with Gasteiger partial charge in [0.25, 0.3) is 5.91 Å². The van der Waals surface area contributed by atoms with Gasteiger partial charge in [0, 0.05) is 6.42 Å². The monoisotopic (exact) mass is 630 g/mol. The Bertz CT molecular complexity index is 1810. The Hall–Kier alpha value is -5.81. The fourth-order valence-corrected chi connectivity index (χ4v) is 5.13. The molecule has 0 unspecified atom stereocenters. The number of amides is 3. The van der Waals surface area contributed by atoms with E-state index in [0.29, 0.717) is 29.3 Å². The van der Waals surface area contributed by atoms with Crippen molar-refractivity contribution in [2.45, 2.75) is 38.3 Å². The number of ether oxygens (including phenoxy) is 2. The third kappa shape index (κ3) is 8.27. The van der Waals surface area contributed by atoms with Gasteiger partial charge in [-0.05, 0) is 41.0 Å². The van der Waals surface area contributed by atoms with Crippen molar-refractivity contribution in [3.8, 4) is 11.4 Å². The van der Waals surface area contributed by atoms with Crippen LogP contribution in [0.2, 0.25) is 0 Å². The summed E-state index contributed by atoms with van der Waals surface area (Å²) >= 11 is 0. The third-order valence-electron chi connectivity index (χ3n) is 7.64. The summed E-state index contributed by atoms with van der Waals surface area (Å²) in [5.41, 5.74) is 4.04. The highest BCUT2D eigenvalue weighted by molar-refractivity contribution is 6.01. The number of para-hydroxylation sites is 1. The maximum absolute atomic E-state index is 13.9. The first-order valence-electron chi connectivity index (χ1n) is 15.3. The van der Waals surface area contributed by atoms with E-state index in [1.54, 1.807) is 30.5 Å². The summed E-state index contributed by atoms with van der Waals surface area (Å²) in [4.78, 5) is 40.9. The molecule has 3 N–H and O–H groups in total. The van der Waals surface area contributed by atoms with Gasteiger partial charge in [0.05, 0.1) is 37.2 Å². The fraction of sp³-hybridized carbons (Fsp3) is 0.194. The second kappa shape index (κ2) is 15.0. The first-order chi connectivity index (χ1) is 23.0. The molecule has 2 heterocycles. The Morgan fingerprint density at radius 2 is 1.38 bits per heavy atom. The van der Waals surface area contributed by atoms with Crippen LogP contribution in [0.1, 0.15) is 32.7 Å². The van der Waals surface area contributed by atoms with Crippen molar-refractivity contribution in [3.05, 3.63) is 143 Å². The Morgan fingerprint density at radius 1 is 0.702 bits per heavy atom. The SMILES string of the molecule is O=C1N[C@@H](Cc2ccc(OCc3ccccc3)cc2)C(=O)N[C@@H](COCc2ccccc2)C(=O)NCc2cn(nn2)-c2ccccc21. The van der Waals surface area contributed by atoms with Crippen molar-refractivity contribution in [3.63, 3.8) is 0 Å². The zero-order valence-corrected chi connectivity index (χ0v) is 25.5. The number of nitrogens with one attached hydrogen (secondary N) is 3. The maximum atomic E-state index is 13.9. The largest absolute Gasteiger partial charge is 0.489 e. The van der Waals surface area contributed by atoms with E-state index in [1.165, 1.54) is 4.68 Å². The summed E-state index contributed by atoms with van der Waals surface area (Å²) in [5, 5.41) is 16.9. The molecule has 238 valence electrons. The molecular formula is C36H34N6O5. The van der Waals surface area contributed by atoms with Crippen molar-refractivity contribution in [1.29, 1.82) is 0 Å². The molecule has 11 nitrogen and oxygen atoms in total. The average molecular weight is 631 g/mol. The Kier molecular flexibility index (Phi) is 9.94. The van der Waals surface area contributed by atoms with Crippen LogP contribution < -0.4 is 20.7 Å². The number of rotatable bonds is 9. The second-order valence-electron chi connectivity index (χ2n) is 11.1. The summed E-state index contributed by atoms with van der Waals surface area (Å²) in [5.74, 6) is -0.787. The van der Waals surface area contributed by atoms with Gasteiger partial charge in [-0.15, -0.1) is 5.10 Å². The van der Waals surface area contributed by atoms with Crippen LogP contribution in [-0.4, -0.2) is 51.4 Å². The molecule has 0 fully saturated rings. The zero-order valence-electron chi connectivity index (χ0n) is 25.5. The van der Waals surface area contributed by atoms with Gasteiger partial charge < -0.3 is 25.4 Å². The van der Waals surface area contributed by atoms with Gasteiger partial charge >= 0.3 is 0 Å². The number of carbonyl (C=O) groups excluding carboxylic acids is 3. The van der Waals surface area contributed by atoms with Gasteiger partial charge in [0.1, 0.15) is 30.1 Å². The van der Waals surface area contributed by atoms with Gasteiger partial charge in [0.2, 0.25) is 11.8 Å². The van der Waals surface area contributed by atoms with E-state index in [2.05, 4.69) is 26.3 Å². The molecule has 2 atom stereocenters. The van der Waals surface area contributed by atoms with Crippen LogP contribution in [0, 0.1) is 0 Å². The Labute approximate surface area is 271 Å². The number of nitrogens with zero attached hydrogens (tertiary/aromatic N) is 3. The standard InChI is InChI=1S/C36H34N6O5/c43-34-30-13-7-8-14-33(30)42-21-28(40-41-42)20-37-35(44)32(24-46-22-26-9-3-1-4-10-26)39-36(45)31(38-34)19-25-15-17-29(18-16-25)47-23-27-11-5-2-6-12-27/h1-18,21,31-32H,19-20,22-24H2,(H,37,44)(H,38,43)(H,39,45)/t31-,32-/m0/s1. The normalized spacial score (nSPS) is 16.6. The van der Waals surface area contributed by atoms with E-state index in [9.17, 15) is 14.4 Å². The highest BCUT2D eigenvalue weighted by Crippen LogP contribution is 2.18. The van der Waals surface area contributed by atoms with Gasteiger partial charge in [-0.3, -0.25) is 14.4 Å². The number of benzene rings is 4. The summed E-state index contributed by atoms with van der Waals surface area (Å²) < 4.78 is 13.2. The second-order valence-corrected chi connectivity index (χ2v) is 11.1. The molecule has 0 saturated carbocycles. The summed E-state index contributed by atoms with van der Waals surface area (Å²) in [6.45, 7) is 0.657. The van der Waals surface area contributed by atoms with Crippen LogP contribution in [0.5, 0.6) is 5.75 Å². The van der Waals surface area contributed by atoms with Gasteiger partial charge in [-0.1, -0.05) is 90.1 Å². The smallest absolute Gasteiger partial charge is 0.254 e. The van der Waals surface area contributed by atoms with E-state index < -0.39 is 29.8 Å². The van der Waals surface area contributed by atoms with Crippen LogP contribution in [0.15, 0.2) is 115 Å². The Balaban J connectivity index is 1.23. The number of carbonyl (C=O) groups is 3. The molecule has 0 radical (unpaired) electrons. The van der Waals surface area contributed by atoms with Crippen molar-refractivity contribution < 1.29 is 23.9 Å². The van der Waals surface area contributed by atoms with E-state index >= 15 is 0 Å². The van der Waals surface area contributed by atoms with Crippen LogP contribution in [0.3, 0.4) is 0 Å². The number of hydrogen-bond acceptors (Lipinski definition) is 7. The molecule has 47 heavy (non-hydrogen) atoms. The number of aromatic nitrogens is 3. The van der Waals surface area contributed by atoms with E-state index in [4.69, 9.17) is 9.47 Å². The first-order valence-corrected chi connectivity index (χ1v) is 15.3. The highest BCUT2D eigenvalue weighted by atomic mass is 16.5. The third-order valence-corrected chi connectivity index (χ3v) is 7.64. The molecule has 0 saturated heterocycles. The number of hydrogen-bond donors (Lipinski definition) is 3. The Morgan fingerprint density at radius 3 is 2.13 bits per heavy atom. The van der Waals surface area contributed by atoms with Gasteiger partial charge in [-0.2, -0.15) is 0 Å². The van der Waals surface area contributed by atoms with Crippen LogP contribution in [0.4, 0.5) is 0 Å². The molecule has 1 aromatic heterocycles. The first kappa shape index (κ1) is 31.2. The lowest BCUT2D eigenvalue weighted by Crippen LogP contribution is -2.55.